The summed E-state index contributed by atoms with van der Waals surface area (Å²) in [6.07, 6.45) is 7.92. The Labute approximate surface area is 248 Å². The number of esters is 1. The Balaban J connectivity index is 1.42. The van der Waals surface area contributed by atoms with Crippen molar-refractivity contribution in [2.45, 2.75) is 109 Å². The summed E-state index contributed by atoms with van der Waals surface area (Å²) in [5.41, 5.74) is 7.85. The number of carbonyl (C=O) groups excluding carboxylic acids is 1. The van der Waals surface area contributed by atoms with Gasteiger partial charge in [0.25, 0.3) is 0 Å². The molecule has 1 unspecified atom stereocenters. The SMILES string of the molecule is CCOC(=O)Cn1c(CCC2(C)CCc3c(c(Sc4ccccc4)c(C)n3CC(=O)O)C2)cc2c1CCC(C)(C)C2. The molecule has 2 aliphatic rings. The average molecular weight is 577 g/mol. The Morgan fingerprint density at radius 3 is 2.44 bits per heavy atom. The summed E-state index contributed by atoms with van der Waals surface area (Å²) in [6, 6.07) is 12.7. The first-order valence-electron chi connectivity index (χ1n) is 15.0. The maximum Gasteiger partial charge on any atom is 0.325 e. The number of nitrogens with zero attached hydrogens (tertiary/aromatic N) is 2. The second-order valence-corrected chi connectivity index (χ2v) is 14.1. The molecule has 1 aromatic carbocycles. The van der Waals surface area contributed by atoms with E-state index in [0.29, 0.717) is 6.61 Å². The number of aryl methyl sites for hydroxylation is 1. The van der Waals surface area contributed by atoms with Gasteiger partial charge >= 0.3 is 11.9 Å². The molecule has 0 amide bonds. The van der Waals surface area contributed by atoms with E-state index < -0.39 is 5.97 Å². The molecule has 0 saturated carbocycles. The Bertz CT molecular complexity index is 1430. The number of fused-ring (bicyclic) bond motifs is 2. The summed E-state index contributed by atoms with van der Waals surface area (Å²) in [4.78, 5) is 26.7. The van der Waals surface area contributed by atoms with Crippen LogP contribution in [0.4, 0.5) is 0 Å². The monoisotopic (exact) mass is 576 g/mol. The van der Waals surface area contributed by atoms with Crippen LogP contribution in [0.25, 0.3) is 0 Å². The van der Waals surface area contributed by atoms with Gasteiger partial charge in [0, 0.05) is 32.6 Å². The molecule has 220 valence electrons. The van der Waals surface area contributed by atoms with Crippen LogP contribution in [-0.4, -0.2) is 32.8 Å². The number of carboxylic acid groups (broad SMARTS) is 1. The van der Waals surface area contributed by atoms with Crippen LogP contribution in [-0.2, 0) is 59.5 Å². The van der Waals surface area contributed by atoms with E-state index in [1.54, 1.807) is 11.8 Å². The van der Waals surface area contributed by atoms with Gasteiger partial charge in [-0.25, -0.2) is 0 Å². The molecular weight excluding hydrogens is 532 g/mol. The zero-order valence-corrected chi connectivity index (χ0v) is 26.0. The van der Waals surface area contributed by atoms with Gasteiger partial charge in [-0.15, -0.1) is 0 Å². The van der Waals surface area contributed by atoms with Gasteiger partial charge in [0.1, 0.15) is 13.1 Å². The molecule has 0 radical (unpaired) electrons. The number of hydrogen-bond acceptors (Lipinski definition) is 4. The zero-order valence-electron chi connectivity index (χ0n) is 25.2. The standard InChI is InChI=1S/C34H44N2O4S/c1-6-40-31(39)22-36-25(18-24-19-33(3,4)15-13-28(24)36)12-16-34(5)17-14-29-27(20-34)32(23(2)35(29)21-30(37)38)41-26-10-8-7-9-11-26/h7-11,18H,6,12-17,19-22H2,1-5H3,(H,37,38). The molecule has 1 atom stereocenters. The van der Waals surface area contributed by atoms with Gasteiger partial charge in [-0.2, -0.15) is 0 Å². The van der Waals surface area contributed by atoms with Crippen molar-refractivity contribution in [2.75, 3.05) is 6.61 Å². The fourth-order valence-corrected chi connectivity index (χ4v) is 8.03. The van der Waals surface area contributed by atoms with E-state index in [1.165, 1.54) is 38.0 Å². The van der Waals surface area contributed by atoms with Crippen LogP contribution < -0.4 is 0 Å². The molecule has 1 N–H and O–H groups in total. The summed E-state index contributed by atoms with van der Waals surface area (Å²) in [5.74, 6) is -0.965. The van der Waals surface area contributed by atoms with Crippen LogP contribution in [0, 0.1) is 17.8 Å². The predicted molar refractivity (Wildman–Crippen MR) is 163 cm³/mol. The van der Waals surface area contributed by atoms with Crippen LogP contribution >= 0.6 is 11.8 Å². The van der Waals surface area contributed by atoms with E-state index >= 15 is 0 Å². The number of aliphatic carboxylic acids is 1. The molecule has 0 aliphatic heterocycles. The number of benzene rings is 1. The van der Waals surface area contributed by atoms with Crippen LogP contribution in [0.15, 0.2) is 46.2 Å². The first-order valence-corrected chi connectivity index (χ1v) is 15.8. The van der Waals surface area contributed by atoms with E-state index in [1.807, 2.05) is 17.6 Å². The Kier molecular flexibility index (Phi) is 8.47. The molecule has 3 aromatic rings. The van der Waals surface area contributed by atoms with Crippen molar-refractivity contribution in [1.29, 1.82) is 0 Å². The molecule has 0 saturated heterocycles. The van der Waals surface area contributed by atoms with Crippen molar-refractivity contribution < 1.29 is 19.4 Å². The first-order chi connectivity index (χ1) is 19.5. The first kappa shape index (κ1) is 29.6. The molecule has 0 fully saturated rings. The number of carbonyl (C=O) groups is 2. The van der Waals surface area contributed by atoms with E-state index in [4.69, 9.17) is 4.74 Å². The van der Waals surface area contributed by atoms with Gasteiger partial charge in [0.15, 0.2) is 0 Å². The van der Waals surface area contributed by atoms with Crippen LogP contribution in [0.3, 0.4) is 0 Å². The minimum absolute atomic E-state index is 0.00348. The maximum atomic E-state index is 12.6. The van der Waals surface area contributed by atoms with Gasteiger partial charge < -0.3 is 19.0 Å². The molecule has 0 spiro atoms. The molecule has 0 bridgehead atoms. The lowest BCUT2D eigenvalue weighted by molar-refractivity contribution is -0.144. The topological polar surface area (TPSA) is 73.5 Å². The van der Waals surface area contributed by atoms with E-state index in [2.05, 4.69) is 62.6 Å². The van der Waals surface area contributed by atoms with Crippen molar-refractivity contribution in [2.24, 2.45) is 10.8 Å². The highest BCUT2D eigenvalue weighted by molar-refractivity contribution is 7.99. The highest BCUT2D eigenvalue weighted by Crippen LogP contribution is 2.46. The Morgan fingerprint density at radius 1 is 1.00 bits per heavy atom. The van der Waals surface area contributed by atoms with Crippen LogP contribution in [0.5, 0.6) is 0 Å². The lowest BCUT2D eigenvalue weighted by Crippen LogP contribution is -2.28. The number of carboxylic acids is 1. The Morgan fingerprint density at radius 2 is 1.73 bits per heavy atom. The minimum atomic E-state index is -0.801. The molecule has 41 heavy (non-hydrogen) atoms. The van der Waals surface area contributed by atoms with E-state index in [-0.39, 0.29) is 29.9 Å². The van der Waals surface area contributed by atoms with E-state index in [9.17, 15) is 14.7 Å². The second-order valence-electron chi connectivity index (χ2n) is 13.1. The summed E-state index contributed by atoms with van der Waals surface area (Å²) in [5, 5.41) is 9.67. The fraction of sp³-hybridized carbons (Fsp3) is 0.529. The molecule has 5 rings (SSSR count). The van der Waals surface area contributed by atoms with Gasteiger partial charge in [-0.3, -0.25) is 9.59 Å². The van der Waals surface area contributed by atoms with Crippen molar-refractivity contribution in [3.8, 4) is 0 Å². The molecular formula is C34H44N2O4S. The number of aromatic nitrogens is 2. The van der Waals surface area contributed by atoms with Crippen molar-refractivity contribution in [3.63, 3.8) is 0 Å². The van der Waals surface area contributed by atoms with Gasteiger partial charge in [0.05, 0.1) is 6.61 Å². The largest absolute Gasteiger partial charge is 0.480 e. The summed E-state index contributed by atoms with van der Waals surface area (Å²) in [7, 11) is 0. The second kappa shape index (κ2) is 11.7. The quantitative estimate of drug-likeness (QED) is 0.262. The number of rotatable bonds is 10. The number of hydrogen-bond donors (Lipinski definition) is 1. The zero-order chi connectivity index (χ0) is 29.4. The van der Waals surface area contributed by atoms with Crippen molar-refractivity contribution in [1.82, 2.24) is 9.13 Å². The smallest absolute Gasteiger partial charge is 0.325 e. The maximum absolute atomic E-state index is 12.6. The summed E-state index contributed by atoms with van der Waals surface area (Å²) in [6.45, 7) is 11.7. The summed E-state index contributed by atoms with van der Waals surface area (Å²) < 4.78 is 9.64. The van der Waals surface area contributed by atoms with Crippen LogP contribution in [0.1, 0.15) is 80.9 Å². The normalized spacial score (nSPS) is 19.4. The average Bonchev–Trinajstić information content (AvgIpc) is 3.36. The third kappa shape index (κ3) is 6.45. The van der Waals surface area contributed by atoms with E-state index in [0.717, 1.165) is 57.1 Å². The molecule has 2 aromatic heterocycles. The van der Waals surface area contributed by atoms with Crippen molar-refractivity contribution >= 4 is 23.7 Å². The van der Waals surface area contributed by atoms with Crippen LogP contribution in [0.2, 0.25) is 0 Å². The lowest BCUT2D eigenvalue weighted by Gasteiger charge is -2.35. The van der Waals surface area contributed by atoms with Gasteiger partial charge in [0.2, 0.25) is 0 Å². The highest BCUT2D eigenvalue weighted by atomic mass is 32.2. The molecule has 2 aliphatic carbocycles. The van der Waals surface area contributed by atoms with Crippen molar-refractivity contribution in [3.05, 3.63) is 70.3 Å². The third-order valence-electron chi connectivity index (χ3n) is 9.18. The molecule has 7 heteroatoms. The molecule has 6 nitrogen and oxygen atoms in total. The highest BCUT2D eigenvalue weighted by Gasteiger charge is 2.36. The lowest BCUT2D eigenvalue weighted by atomic mass is 9.71. The van der Waals surface area contributed by atoms with Gasteiger partial charge in [-0.1, -0.05) is 50.7 Å². The molecule has 2 heterocycles. The Hall–Kier alpha value is -2.93. The third-order valence-corrected chi connectivity index (χ3v) is 10.4. The summed E-state index contributed by atoms with van der Waals surface area (Å²) >= 11 is 1.75. The number of ether oxygens (including phenoxy) is 1. The van der Waals surface area contributed by atoms with Gasteiger partial charge in [-0.05, 0) is 105 Å². The minimum Gasteiger partial charge on any atom is -0.480 e. The predicted octanol–water partition coefficient (Wildman–Crippen LogP) is 7.04. The fourth-order valence-electron chi connectivity index (χ4n) is 6.93.